The minimum Gasteiger partial charge on any atom is -0.344 e. The van der Waals surface area contributed by atoms with Gasteiger partial charge in [-0.3, -0.25) is 9.88 Å². The summed E-state index contributed by atoms with van der Waals surface area (Å²) in [6.45, 7) is 5.06. The van der Waals surface area contributed by atoms with Gasteiger partial charge in [-0.2, -0.15) is 0 Å². The molecule has 1 saturated carbocycles. The van der Waals surface area contributed by atoms with Crippen LogP contribution in [0.3, 0.4) is 0 Å². The molecule has 4 heteroatoms. The summed E-state index contributed by atoms with van der Waals surface area (Å²) >= 11 is 0. The van der Waals surface area contributed by atoms with E-state index in [9.17, 15) is 0 Å². The summed E-state index contributed by atoms with van der Waals surface area (Å²) in [5.41, 5.74) is 4.98. The average Bonchev–Trinajstić information content (AvgIpc) is 3.06. The number of rotatable bonds is 5. The number of pyridine rings is 1. The third-order valence-corrected chi connectivity index (χ3v) is 6.24. The molecule has 0 radical (unpaired) electrons. The van der Waals surface area contributed by atoms with Gasteiger partial charge in [-0.15, -0.1) is 0 Å². The smallest absolute Gasteiger partial charge is 0.121 e. The highest BCUT2D eigenvalue weighted by Crippen LogP contribution is 2.38. The van der Waals surface area contributed by atoms with Gasteiger partial charge in [-0.1, -0.05) is 31.4 Å². The monoisotopic (exact) mass is 364 g/mol. The lowest BCUT2D eigenvalue weighted by molar-refractivity contribution is 0.0794. The lowest BCUT2D eigenvalue weighted by Gasteiger charge is -2.41. The molecular weight excluding hydrogens is 332 g/mol. The fourth-order valence-electron chi connectivity index (χ4n) is 4.92. The van der Waals surface area contributed by atoms with Crippen molar-refractivity contribution in [3.05, 3.63) is 52.9 Å². The maximum absolute atomic E-state index is 4.88. The maximum Gasteiger partial charge on any atom is 0.121 e. The van der Waals surface area contributed by atoms with Crippen LogP contribution < -0.4 is 0 Å². The number of aryl methyl sites for hydroxylation is 2. The molecule has 0 aromatic carbocycles. The zero-order chi connectivity index (χ0) is 18.6. The van der Waals surface area contributed by atoms with E-state index in [2.05, 4.69) is 41.1 Å². The molecule has 0 saturated heterocycles. The fraction of sp³-hybridized carbons (Fsp3) is 0.565. The third-order valence-electron chi connectivity index (χ3n) is 6.24. The Balaban J connectivity index is 1.65. The molecule has 2 aromatic rings. The molecule has 1 unspecified atom stereocenters. The first kappa shape index (κ1) is 18.4. The SMILES string of the molecule is C/C=C\c1nc(CN(C2CCCCC2)C2CCCc3cccnc32)[nH]c1C. The lowest BCUT2D eigenvalue weighted by Crippen LogP contribution is -2.41. The summed E-state index contributed by atoms with van der Waals surface area (Å²) in [6.07, 6.45) is 16.5. The zero-order valence-corrected chi connectivity index (χ0v) is 16.7. The summed E-state index contributed by atoms with van der Waals surface area (Å²) in [7, 11) is 0. The molecule has 0 aliphatic heterocycles. The number of aromatic amines is 1. The Morgan fingerprint density at radius 3 is 2.85 bits per heavy atom. The van der Waals surface area contributed by atoms with E-state index in [0.717, 1.165) is 23.8 Å². The minimum absolute atomic E-state index is 0.425. The van der Waals surface area contributed by atoms with Crippen molar-refractivity contribution in [3.63, 3.8) is 0 Å². The number of allylic oxidation sites excluding steroid dienone is 1. The van der Waals surface area contributed by atoms with Crippen LogP contribution in [-0.4, -0.2) is 25.9 Å². The number of fused-ring (bicyclic) bond motifs is 1. The number of H-pyrrole nitrogens is 1. The predicted octanol–water partition coefficient (Wildman–Crippen LogP) is 5.36. The highest BCUT2D eigenvalue weighted by atomic mass is 15.2. The molecule has 0 amide bonds. The van der Waals surface area contributed by atoms with Gasteiger partial charge in [0, 0.05) is 17.9 Å². The van der Waals surface area contributed by atoms with E-state index in [-0.39, 0.29) is 0 Å². The van der Waals surface area contributed by atoms with Gasteiger partial charge in [0.25, 0.3) is 0 Å². The number of hydrogen-bond donors (Lipinski definition) is 1. The molecular formula is C23H32N4. The number of imidazole rings is 1. The fourth-order valence-corrected chi connectivity index (χ4v) is 4.92. The summed E-state index contributed by atoms with van der Waals surface area (Å²) in [5.74, 6) is 1.09. The first-order valence-corrected chi connectivity index (χ1v) is 10.6. The van der Waals surface area contributed by atoms with Crippen LogP contribution in [0.4, 0.5) is 0 Å². The van der Waals surface area contributed by atoms with Gasteiger partial charge in [0.05, 0.1) is 24.0 Å². The number of nitrogens with zero attached hydrogens (tertiary/aromatic N) is 3. The highest BCUT2D eigenvalue weighted by molar-refractivity contribution is 5.47. The minimum atomic E-state index is 0.425. The first-order valence-electron chi connectivity index (χ1n) is 10.6. The molecule has 0 bridgehead atoms. The van der Waals surface area contributed by atoms with Gasteiger partial charge in [0.15, 0.2) is 0 Å². The van der Waals surface area contributed by atoms with Gasteiger partial charge >= 0.3 is 0 Å². The van der Waals surface area contributed by atoms with E-state index in [1.54, 1.807) is 0 Å². The second-order valence-corrected chi connectivity index (χ2v) is 8.11. The number of aromatic nitrogens is 3. The van der Waals surface area contributed by atoms with Crippen LogP contribution in [0.1, 0.15) is 86.4 Å². The third kappa shape index (κ3) is 4.01. The molecule has 1 atom stereocenters. The van der Waals surface area contributed by atoms with E-state index in [4.69, 9.17) is 9.97 Å². The maximum atomic E-state index is 4.88. The van der Waals surface area contributed by atoms with Crippen molar-refractivity contribution in [1.29, 1.82) is 0 Å². The van der Waals surface area contributed by atoms with E-state index in [0.29, 0.717) is 12.1 Å². The van der Waals surface area contributed by atoms with Gasteiger partial charge in [-0.05, 0) is 63.7 Å². The molecule has 4 rings (SSSR count). The van der Waals surface area contributed by atoms with Crippen LogP contribution in [0.25, 0.3) is 6.08 Å². The van der Waals surface area contributed by atoms with Crippen molar-refractivity contribution >= 4 is 6.08 Å². The summed E-state index contributed by atoms with van der Waals surface area (Å²) < 4.78 is 0. The van der Waals surface area contributed by atoms with Crippen molar-refractivity contribution < 1.29 is 0 Å². The van der Waals surface area contributed by atoms with Crippen LogP contribution in [-0.2, 0) is 13.0 Å². The van der Waals surface area contributed by atoms with Gasteiger partial charge in [-0.25, -0.2) is 4.98 Å². The Bertz CT molecular complexity index is 785. The summed E-state index contributed by atoms with van der Waals surface area (Å²) in [6, 6.07) is 5.43. The highest BCUT2D eigenvalue weighted by Gasteiger charge is 2.33. The average molecular weight is 365 g/mol. The van der Waals surface area contributed by atoms with Crippen LogP contribution in [0, 0.1) is 6.92 Å². The summed E-state index contributed by atoms with van der Waals surface area (Å²) in [5, 5.41) is 0. The molecule has 144 valence electrons. The van der Waals surface area contributed by atoms with Crippen LogP contribution in [0.5, 0.6) is 0 Å². The molecule has 2 heterocycles. The predicted molar refractivity (Wildman–Crippen MR) is 110 cm³/mol. The normalized spacial score (nSPS) is 21.1. The Kier molecular flexibility index (Phi) is 5.72. The molecule has 1 fully saturated rings. The number of hydrogen-bond acceptors (Lipinski definition) is 3. The van der Waals surface area contributed by atoms with Crippen LogP contribution in [0.2, 0.25) is 0 Å². The molecule has 2 aliphatic rings. The largest absolute Gasteiger partial charge is 0.344 e. The quantitative estimate of drug-likeness (QED) is 0.777. The van der Waals surface area contributed by atoms with E-state index in [1.807, 2.05) is 13.1 Å². The standard InChI is InChI=1S/C23H32N4/c1-3-9-20-17(2)25-22(26-20)16-27(19-12-5-4-6-13-19)21-14-7-10-18-11-8-15-24-23(18)21/h3,8-9,11,15,19,21H,4-7,10,12-14,16H2,1-2H3,(H,25,26)/b9-3-. The van der Waals surface area contributed by atoms with Crippen molar-refractivity contribution in [2.45, 2.75) is 83.8 Å². The van der Waals surface area contributed by atoms with Gasteiger partial charge < -0.3 is 4.98 Å². The first-order chi connectivity index (χ1) is 13.3. The molecule has 1 N–H and O–H groups in total. The molecule has 2 aliphatic carbocycles. The van der Waals surface area contributed by atoms with Crippen molar-refractivity contribution in [2.24, 2.45) is 0 Å². The Labute approximate surface area is 163 Å². The Morgan fingerprint density at radius 2 is 2.04 bits per heavy atom. The molecule has 4 nitrogen and oxygen atoms in total. The van der Waals surface area contributed by atoms with Gasteiger partial charge in [0.1, 0.15) is 5.82 Å². The molecule has 0 spiro atoms. The van der Waals surface area contributed by atoms with Gasteiger partial charge in [0.2, 0.25) is 0 Å². The summed E-state index contributed by atoms with van der Waals surface area (Å²) in [4.78, 5) is 16.0. The van der Waals surface area contributed by atoms with Crippen molar-refractivity contribution in [3.8, 4) is 0 Å². The molecule has 2 aromatic heterocycles. The van der Waals surface area contributed by atoms with E-state index >= 15 is 0 Å². The second kappa shape index (κ2) is 8.39. The zero-order valence-electron chi connectivity index (χ0n) is 16.7. The molecule has 27 heavy (non-hydrogen) atoms. The topological polar surface area (TPSA) is 44.8 Å². The van der Waals surface area contributed by atoms with E-state index in [1.165, 1.54) is 62.6 Å². The Morgan fingerprint density at radius 1 is 1.19 bits per heavy atom. The number of nitrogens with one attached hydrogen (secondary N) is 1. The van der Waals surface area contributed by atoms with E-state index < -0.39 is 0 Å². The van der Waals surface area contributed by atoms with Crippen molar-refractivity contribution in [2.75, 3.05) is 0 Å². The Hall–Kier alpha value is -1.94. The van der Waals surface area contributed by atoms with Crippen LogP contribution in [0.15, 0.2) is 24.4 Å². The lowest BCUT2D eigenvalue weighted by atomic mass is 9.87. The second-order valence-electron chi connectivity index (χ2n) is 8.11. The van der Waals surface area contributed by atoms with Crippen molar-refractivity contribution in [1.82, 2.24) is 19.9 Å². The van der Waals surface area contributed by atoms with Crippen LogP contribution >= 0.6 is 0 Å².